The van der Waals surface area contributed by atoms with Crippen LogP contribution in [-0.2, 0) is 0 Å². The second-order valence-corrected chi connectivity index (χ2v) is 7.15. The van der Waals surface area contributed by atoms with E-state index >= 15 is 0 Å². The quantitative estimate of drug-likeness (QED) is 0.508. The van der Waals surface area contributed by atoms with E-state index in [4.69, 9.17) is 34.8 Å². The van der Waals surface area contributed by atoms with Crippen molar-refractivity contribution in [2.75, 3.05) is 12.4 Å². The maximum Gasteiger partial charge on any atom is 0.387 e. The summed E-state index contributed by atoms with van der Waals surface area (Å²) in [6.45, 7) is -3.20. The highest BCUT2D eigenvalue weighted by molar-refractivity contribution is 6.39. The number of hydrazone groups is 1. The lowest BCUT2D eigenvalue weighted by atomic mass is 10.1. The number of halogens is 5. The highest BCUT2D eigenvalue weighted by atomic mass is 35.5. The first-order chi connectivity index (χ1) is 14.7. The van der Waals surface area contributed by atoms with Crippen LogP contribution >= 0.6 is 34.8 Å². The van der Waals surface area contributed by atoms with Crippen molar-refractivity contribution in [1.82, 2.24) is 21.4 Å². The van der Waals surface area contributed by atoms with Gasteiger partial charge in [0.2, 0.25) is 5.96 Å². The molecule has 0 atom stereocenters. The second kappa shape index (κ2) is 9.52. The summed E-state index contributed by atoms with van der Waals surface area (Å²) in [6.07, 6.45) is 0. The number of nitrogens with zero attached hydrogens (tertiary/aromatic N) is 2. The van der Waals surface area contributed by atoms with E-state index in [2.05, 4.69) is 31.5 Å². The normalized spacial score (nSPS) is 13.0. The van der Waals surface area contributed by atoms with Crippen LogP contribution in [0.4, 0.5) is 14.5 Å². The standard InChI is InChI=1S/C17H13Cl3F2N6O3/c1-28-17(25-26-27-28)24-15(30)9-4-5-11(31-16(21)22)13(12(9)20)23-14(29)8-3-2-7(18)6-10(8)19/h2-6,16,26-27H,1H3,(H,23,29)(H,24,25,30). The molecule has 0 bridgehead atoms. The molecule has 1 aliphatic heterocycles. The third kappa shape index (κ3) is 5.25. The molecule has 0 unspecified atom stereocenters. The van der Waals surface area contributed by atoms with Crippen LogP contribution in [-0.4, -0.2) is 36.4 Å². The van der Waals surface area contributed by atoms with Crippen molar-refractivity contribution in [3.8, 4) is 5.75 Å². The topological polar surface area (TPSA) is 107 Å². The van der Waals surface area contributed by atoms with Crippen molar-refractivity contribution in [2.24, 2.45) is 5.10 Å². The molecule has 9 nitrogen and oxygen atoms in total. The summed E-state index contributed by atoms with van der Waals surface area (Å²) in [5.74, 6) is -1.83. The number of amides is 2. The summed E-state index contributed by atoms with van der Waals surface area (Å²) < 4.78 is 30.1. The number of carbonyl (C=O) groups is 2. The maximum absolute atomic E-state index is 12.8. The number of guanidine groups is 1. The van der Waals surface area contributed by atoms with Gasteiger partial charge in [-0.2, -0.15) is 8.78 Å². The van der Waals surface area contributed by atoms with Gasteiger partial charge in [-0.1, -0.05) is 34.8 Å². The SMILES string of the molecule is CN1NNN=C1NC(=O)c1ccc(OC(F)F)c(NC(=O)c2ccc(Cl)cc2Cl)c1Cl. The summed E-state index contributed by atoms with van der Waals surface area (Å²) in [5.41, 5.74) is 4.53. The Balaban J connectivity index is 1.95. The summed E-state index contributed by atoms with van der Waals surface area (Å²) in [5, 5.41) is 9.95. The smallest absolute Gasteiger partial charge is 0.387 e. The van der Waals surface area contributed by atoms with E-state index in [-0.39, 0.29) is 32.8 Å². The molecule has 3 rings (SSSR count). The molecule has 0 aromatic heterocycles. The monoisotopic (exact) mass is 492 g/mol. The molecule has 2 aromatic rings. The van der Waals surface area contributed by atoms with E-state index in [1.54, 1.807) is 7.05 Å². The summed E-state index contributed by atoms with van der Waals surface area (Å²) in [4.78, 5) is 25.3. The van der Waals surface area contributed by atoms with E-state index in [9.17, 15) is 18.4 Å². The number of carbonyl (C=O) groups excluding carboxylic acids is 2. The van der Waals surface area contributed by atoms with Crippen LogP contribution in [0.25, 0.3) is 0 Å². The zero-order chi connectivity index (χ0) is 22.7. The van der Waals surface area contributed by atoms with Crippen molar-refractivity contribution in [2.45, 2.75) is 6.61 Å². The number of rotatable bonds is 5. The minimum absolute atomic E-state index is 0.000861. The van der Waals surface area contributed by atoms with Gasteiger partial charge in [0.05, 0.1) is 21.2 Å². The third-order valence-corrected chi connectivity index (χ3v) is 4.84. The van der Waals surface area contributed by atoms with Crippen LogP contribution < -0.4 is 26.4 Å². The van der Waals surface area contributed by atoms with Crippen molar-refractivity contribution >= 4 is 58.3 Å². The molecule has 2 amide bonds. The lowest BCUT2D eigenvalue weighted by molar-refractivity contribution is -0.0493. The highest BCUT2D eigenvalue weighted by Crippen LogP contribution is 2.37. The van der Waals surface area contributed by atoms with E-state index in [0.29, 0.717) is 5.02 Å². The molecule has 31 heavy (non-hydrogen) atoms. The Morgan fingerprint density at radius 2 is 1.77 bits per heavy atom. The Labute approximate surface area is 189 Å². The molecule has 0 spiro atoms. The van der Waals surface area contributed by atoms with Crippen molar-refractivity contribution in [3.63, 3.8) is 0 Å². The molecule has 1 aliphatic rings. The minimum atomic E-state index is -3.20. The minimum Gasteiger partial charge on any atom is -0.433 e. The van der Waals surface area contributed by atoms with Gasteiger partial charge in [-0.05, 0) is 30.3 Å². The second-order valence-electron chi connectivity index (χ2n) is 5.93. The van der Waals surface area contributed by atoms with Gasteiger partial charge in [0.15, 0.2) is 5.75 Å². The zero-order valence-electron chi connectivity index (χ0n) is 15.5. The van der Waals surface area contributed by atoms with Gasteiger partial charge in [0.1, 0.15) is 5.69 Å². The molecule has 0 aliphatic carbocycles. The fourth-order valence-electron chi connectivity index (χ4n) is 2.46. The number of hydrogen-bond donors (Lipinski definition) is 4. The van der Waals surface area contributed by atoms with E-state index in [1.165, 1.54) is 23.2 Å². The number of hydrogen-bond acceptors (Lipinski definition) is 7. The summed E-state index contributed by atoms with van der Waals surface area (Å²) in [6, 6.07) is 6.33. The Morgan fingerprint density at radius 1 is 1.10 bits per heavy atom. The Morgan fingerprint density at radius 3 is 2.39 bits per heavy atom. The summed E-state index contributed by atoms with van der Waals surface area (Å²) >= 11 is 18.1. The van der Waals surface area contributed by atoms with E-state index < -0.39 is 24.2 Å². The lowest BCUT2D eigenvalue weighted by Crippen LogP contribution is -2.45. The molecule has 2 aromatic carbocycles. The fourth-order valence-corrected chi connectivity index (χ4v) is 3.24. The van der Waals surface area contributed by atoms with Gasteiger partial charge < -0.3 is 10.1 Å². The largest absolute Gasteiger partial charge is 0.433 e. The van der Waals surface area contributed by atoms with E-state index in [1.807, 2.05) is 0 Å². The molecule has 14 heteroatoms. The summed E-state index contributed by atoms with van der Waals surface area (Å²) in [7, 11) is 1.57. The molecular weight excluding hydrogens is 481 g/mol. The van der Waals surface area contributed by atoms with Gasteiger partial charge in [-0.15, -0.1) is 10.6 Å². The Bertz CT molecular complexity index is 1070. The van der Waals surface area contributed by atoms with Crippen LogP contribution in [0.3, 0.4) is 0 Å². The number of anilines is 1. The van der Waals surface area contributed by atoms with Crippen molar-refractivity contribution in [3.05, 3.63) is 56.5 Å². The van der Waals surface area contributed by atoms with E-state index in [0.717, 1.165) is 12.1 Å². The Hall–Kier alpha value is -2.86. The number of hydrazine groups is 2. The van der Waals surface area contributed by atoms with Gasteiger partial charge in [0, 0.05) is 12.1 Å². The van der Waals surface area contributed by atoms with Crippen LogP contribution in [0, 0.1) is 0 Å². The number of benzene rings is 2. The van der Waals surface area contributed by atoms with Crippen molar-refractivity contribution < 1.29 is 23.1 Å². The molecule has 0 saturated heterocycles. The third-order valence-electron chi connectivity index (χ3n) is 3.90. The molecule has 0 saturated carbocycles. The van der Waals surface area contributed by atoms with Crippen LogP contribution in [0.15, 0.2) is 35.4 Å². The predicted octanol–water partition coefficient (Wildman–Crippen LogP) is 3.46. The number of ether oxygens (including phenoxy) is 1. The van der Waals surface area contributed by atoms with Gasteiger partial charge in [0.25, 0.3) is 11.8 Å². The zero-order valence-corrected chi connectivity index (χ0v) is 17.7. The van der Waals surface area contributed by atoms with Crippen LogP contribution in [0.1, 0.15) is 20.7 Å². The first kappa shape index (κ1) is 22.8. The molecule has 164 valence electrons. The fraction of sp³-hybridized carbons (Fsp3) is 0.118. The van der Waals surface area contributed by atoms with Crippen LogP contribution in [0.5, 0.6) is 5.75 Å². The number of nitrogens with one attached hydrogen (secondary N) is 4. The first-order valence-electron chi connectivity index (χ1n) is 8.34. The predicted molar refractivity (Wildman–Crippen MR) is 111 cm³/mol. The average molecular weight is 494 g/mol. The van der Waals surface area contributed by atoms with Gasteiger partial charge in [-0.25, -0.2) is 5.53 Å². The molecular formula is C17H13Cl3F2N6O3. The average Bonchev–Trinajstić information content (AvgIpc) is 3.08. The Kier molecular flexibility index (Phi) is 7.01. The highest BCUT2D eigenvalue weighted by Gasteiger charge is 2.24. The van der Waals surface area contributed by atoms with Crippen LogP contribution in [0.2, 0.25) is 15.1 Å². The molecule has 4 N–H and O–H groups in total. The van der Waals surface area contributed by atoms with Gasteiger partial charge >= 0.3 is 6.61 Å². The van der Waals surface area contributed by atoms with Crippen molar-refractivity contribution in [1.29, 1.82) is 0 Å². The molecule has 0 radical (unpaired) electrons. The lowest BCUT2D eigenvalue weighted by Gasteiger charge is -2.17. The number of alkyl halides is 2. The molecule has 1 heterocycles. The van der Waals surface area contributed by atoms with Gasteiger partial charge in [-0.3, -0.25) is 19.9 Å². The molecule has 0 fully saturated rings. The maximum atomic E-state index is 12.8. The first-order valence-corrected chi connectivity index (χ1v) is 9.48.